The van der Waals surface area contributed by atoms with E-state index >= 15 is 0 Å². The van der Waals surface area contributed by atoms with E-state index < -0.39 is 11.7 Å². The molecule has 4 heteroatoms. The quantitative estimate of drug-likeness (QED) is 0.684. The highest BCUT2D eigenvalue weighted by atomic mass is 16.2. The fraction of sp³-hybridized carbons (Fsp3) is 0.0625. The number of aryl methyl sites for hydroxylation is 1. The number of nitrogens with one attached hydrogen (secondary N) is 1. The van der Waals surface area contributed by atoms with E-state index in [4.69, 9.17) is 5.26 Å². The first-order chi connectivity index (χ1) is 9.61. The summed E-state index contributed by atoms with van der Waals surface area (Å²) in [5.41, 5.74) is 1.98. The molecule has 0 radical (unpaired) electrons. The number of hydrogen-bond donors (Lipinski definition) is 1. The molecular weight excluding hydrogens is 252 g/mol. The van der Waals surface area contributed by atoms with Crippen LogP contribution in [-0.4, -0.2) is 11.7 Å². The summed E-state index contributed by atoms with van der Waals surface area (Å²) < 4.78 is 0. The van der Waals surface area contributed by atoms with Gasteiger partial charge in [-0.25, -0.2) is 0 Å². The number of nitriles is 1. The van der Waals surface area contributed by atoms with E-state index in [0.29, 0.717) is 16.8 Å². The minimum absolute atomic E-state index is 0.317. The maximum Gasteiger partial charge on any atom is 0.296 e. The van der Waals surface area contributed by atoms with Crippen LogP contribution in [0.2, 0.25) is 0 Å². The predicted octanol–water partition coefficient (Wildman–Crippen LogP) is 2.69. The van der Waals surface area contributed by atoms with Gasteiger partial charge in [0.25, 0.3) is 11.7 Å². The number of carbonyl (C=O) groups excluding carboxylic acids is 2. The minimum Gasteiger partial charge on any atom is -0.318 e. The molecule has 98 valence electrons. The molecule has 1 N–H and O–H groups in total. The molecule has 0 aliphatic rings. The van der Waals surface area contributed by atoms with Gasteiger partial charge in [0.05, 0.1) is 11.3 Å². The fourth-order valence-corrected chi connectivity index (χ4v) is 1.70. The molecule has 0 atom stereocenters. The van der Waals surface area contributed by atoms with Crippen molar-refractivity contribution in [2.24, 2.45) is 0 Å². The molecule has 0 saturated heterocycles. The molecule has 2 rings (SSSR count). The number of nitrogens with zero attached hydrogens (tertiary/aromatic N) is 1. The summed E-state index contributed by atoms with van der Waals surface area (Å²) in [6.45, 7) is 1.90. The monoisotopic (exact) mass is 264 g/mol. The van der Waals surface area contributed by atoms with E-state index in [0.717, 1.165) is 5.56 Å². The molecule has 4 nitrogen and oxygen atoms in total. The van der Waals surface area contributed by atoms with E-state index in [1.165, 1.54) is 0 Å². The second kappa shape index (κ2) is 5.81. The van der Waals surface area contributed by atoms with Crippen LogP contribution in [0.4, 0.5) is 5.69 Å². The van der Waals surface area contributed by atoms with Gasteiger partial charge in [-0.05, 0) is 19.1 Å². The third-order valence-corrected chi connectivity index (χ3v) is 2.82. The highest BCUT2D eigenvalue weighted by Gasteiger charge is 2.17. The third-order valence-electron chi connectivity index (χ3n) is 2.82. The van der Waals surface area contributed by atoms with Crippen LogP contribution >= 0.6 is 0 Å². The summed E-state index contributed by atoms with van der Waals surface area (Å²) >= 11 is 0. The van der Waals surface area contributed by atoms with Crippen LogP contribution in [0.5, 0.6) is 0 Å². The molecule has 0 saturated carbocycles. The summed E-state index contributed by atoms with van der Waals surface area (Å²) in [5.74, 6) is -1.38. The topological polar surface area (TPSA) is 70.0 Å². The lowest BCUT2D eigenvalue weighted by atomic mass is 10.1. The maximum atomic E-state index is 12.0. The van der Waals surface area contributed by atoms with Gasteiger partial charge in [-0.1, -0.05) is 42.0 Å². The lowest BCUT2D eigenvalue weighted by molar-refractivity contribution is -0.112. The first-order valence-electron chi connectivity index (χ1n) is 6.03. The minimum atomic E-state index is -0.753. The molecule has 20 heavy (non-hydrogen) atoms. The second-order valence-corrected chi connectivity index (χ2v) is 4.31. The Hall–Kier alpha value is -2.93. The van der Waals surface area contributed by atoms with Crippen LogP contribution in [0.15, 0.2) is 48.5 Å². The Morgan fingerprint density at radius 3 is 2.35 bits per heavy atom. The van der Waals surface area contributed by atoms with Crippen LogP contribution in [-0.2, 0) is 4.79 Å². The van der Waals surface area contributed by atoms with E-state index in [1.54, 1.807) is 48.5 Å². The Morgan fingerprint density at radius 2 is 1.70 bits per heavy atom. The number of rotatable bonds is 3. The molecule has 0 unspecified atom stereocenters. The fourth-order valence-electron chi connectivity index (χ4n) is 1.70. The highest BCUT2D eigenvalue weighted by Crippen LogP contribution is 2.14. The van der Waals surface area contributed by atoms with Crippen LogP contribution in [0, 0.1) is 18.3 Å². The molecule has 0 aliphatic heterocycles. The molecule has 0 heterocycles. The number of Topliss-reactive ketones (excluding diaryl/α,β-unsaturated/α-hetero) is 1. The number of benzene rings is 2. The van der Waals surface area contributed by atoms with Crippen molar-refractivity contribution < 1.29 is 9.59 Å². The van der Waals surface area contributed by atoms with Crippen molar-refractivity contribution in [2.45, 2.75) is 6.92 Å². The Kier molecular flexibility index (Phi) is 3.92. The molecular formula is C16H12N2O2. The molecule has 0 fully saturated rings. The number of hydrogen-bond acceptors (Lipinski definition) is 3. The van der Waals surface area contributed by atoms with Gasteiger partial charge in [0.1, 0.15) is 6.07 Å². The molecule has 1 amide bonds. The van der Waals surface area contributed by atoms with Crippen molar-refractivity contribution in [3.63, 3.8) is 0 Å². The highest BCUT2D eigenvalue weighted by molar-refractivity contribution is 6.46. The first-order valence-corrected chi connectivity index (χ1v) is 6.03. The number of anilines is 1. The third kappa shape index (κ3) is 2.90. The molecule has 2 aromatic rings. The van der Waals surface area contributed by atoms with Crippen molar-refractivity contribution >= 4 is 17.4 Å². The second-order valence-electron chi connectivity index (χ2n) is 4.31. The molecule has 0 aliphatic carbocycles. The standard InChI is InChI=1S/C16H12N2O2/c1-11-6-8-12(9-7-11)15(19)16(20)18-14-5-3-2-4-13(14)10-17/h2-9H,1H3,(H,18,20). The number of para-hydroxylation sites is 1. The Labute approximate surface area is 116 Å². The zero-order valence-corrected chi connectivity index (χ0v) is 10.9. The van der Waals surface area contributed by atoms with Crippen molar-refractivity contribution in [1.82, 2.24) is 0 Å². The average molecular weight is 264 g/mol. The van der Waals surface area contributed by atoms with Gasteiger partial charge >= 0.3 is 0 Å². The maximum absolute atomic E-state index is 12.0. The Balaban J connectivity index is 2.18. The zero-order valence-electron chi connectivity index (χ0n) is 10.9. The smallest absolute Gasteiger partial charge is 0.296 e. The van der Waals surface area contributed by atoms with Crippen LogP contribution in [0.25, 0.3) is 0 Å². The van der Waals surface area contributed by atoms with E-state index in [9.17, 15) is 9.59 Å². The predicted molar refractivity (Wildman–Crippen MR) is 75.3 cm³/mol. The van der Waals surface area contributed by atoms with Gasteiger partial charge < -0.3 is 5.32 Å². The van der Waals surface area contributed by atoms with Crippen molar-refractivity contribution in [3.05, 3.63) is 65.2 Å². The summed E-state index contributed by atoms with van der Waals surface area (Å²) in [6.07, 6.45) is 0. The van der Waals surface area contributed by atoms with Gasteiger partial charge in [-0.15, -0.1) is 0 Å². The van der Waals surface area contributed by atoms with Gasteiger partial charge in [0.15, 0.2) is 0 Å². The summed E-state index contributed by atoms with van der Waals surface area (Å²) in [6, 6.07) is 15.2. The van der Waals surface area contributed by atoms with Crippen LogP contribution < -0.4 is 5.32 Å². The van der Waals surface area contributed by atoms with Crippen LogP contribution in [0.1, 0.15) is 21.5 Å². The Morgan fingerprint density at radius 1 is 1.05 bits per heavy atom. The largest absolute Gasteiger partial charge is 0.318 e. The number of amides is 1. The first kappa shape index (κ1) is 13.5. The molecule has 2 aromatic carbocycles. The van der Waals surface area contributed by atoms with Gasteiger partial charge in [0, 0.05) is 5.56 Å². The van der Waals surface area contributed by atoms with Gasteiger partial charge in [-0.3, -0.25) is 9.59 Å². The van der Waals surface area contributed by atoms with Crippen LogP contribution in [0.3, 0.4) is 0 Å². The molecule has 0 bridgehead atoms. The van der Waals surface area contributed by atoms with E-state index in [1.807, 2.05) is 13.0 Å². The summed E-state index contributed by atoms with van der Waals surface area (Å²) in [7, 11) is 0. The number of ketones is 1. The SMILES string of the molecule is Cc1ccc(C(=O)C(=O)Nc2ccccc2C#N)cc1. The lowest BCUT2D eigenvalue weighted by Gasteiger charge is -2.06. The average Bonchev–Trinajstić information content (AvgIpc) is 2.48. The normalized spacial score (nSPS) is 9.60. The summed E-state index contributed by atoms with van der Waals surface area (Å²) in [5, 5.41) is 11.4. The van der Waals surface area contributed by atoms with Crippen molar-refractivity contribution in [3.8, 4) is 6.07 Å². The number of carbonyl (C=O) groups is 2. The van der Waals surface area contributed by atoms with E-state index in [-0.39, 0.29) is 0 Å². The van der Waals surface area contributed by atoms with Gasteiger partial charge in [-0.2, -0.15) is 5.26 Å². The summed E-state index contributed by atoms with van der Waals surface area (Å²) in [4.78, 5) is 23.9. The molecule has 0 aromatic heterocycles. The Bertz CT molecular complexity index is 697. The van der Waals surface area contributed by atoms with Crippen molar-refractivity contribution in [1.29, 1.82) is 5.26 Å². The lowest BCUT2D eigenvalue weighted by Crippen LogP contribution is -2.23. The van der Waals surface area contributed by atoms with Crippen molar-refractivity contribution in [2.75, 3.05) is 5.32 Å². The van der Waals surface area contributed by atoms with Gasteiger partial charge in [0.2, 0.25) is 0 Å². The van der Waals surface area contributed by atoms with E-state index in [2.05, 4.69) is 5.32 Å². The molecule has 0 spiro atoms. The zero-order chi connectivity index (χ0) is 14.5.